The predicted molar refractivity (Wildman–Crippen MR) is 127 cm³/mol. The Morgan fingerprint density at radius 3 is 2.39 bits per heavy atom. The number of fused-ring (bicyclic) bond motifs is 3. The molecule has 3 N–H and O–H groups in total. The van der Waals surface area contributed by atoms with Crippen LogP contribution in [0, 0.1) is 0 Å². The van der Waals surface area contributed by atoms with Crippen LogP contribution < -0.4 is 10.5 Å². The molecule has 2 aromatic heterocycles. The molecule has 0 bridgehead atoms. The molecule has 4 aromatic rings. The van der Waals surface area contributed by atoms with Crippen LogP contribution in [0.15, 0.2) is 60.7 Å². The molecule has 3 heterocycles. The van der Waals surface area contributed by atoms with Crippen molar-refractivity contribution in [3.63, 3.8) is 0 Å². The van der Waals surface area contributed by atoms with Crippen molar-refractivity contribution in [2.24, 2.45) is 5.73 Å². The Morgan fingerprint density at radius 2 is 1.73 bits per heavy atom. The van der Waals surface area contributed by atoms with E-state index >= 15 is 0 Å². The minimum absolute atomic E-state index is 0.216. The zero-order valence-electron chi connectivity index (χ0n) is 18.8. The Kier molecular flexibility index (Phi) is 5.44. The molecule has 0 fully saturated rings. The van der Waals surface area contributed by atoms with Gasteiger partial charge in [-0.05, 0) is 30.0 Å². The Labute approximate surface area is 192 Å². The highest BCUT2D eigenvalue weighted by Gasteiger charge is 2.27. The van der Waals surface area contributed by atoms with E-state index in [4.69, 9.17) is 15.5 Å². The Morgan fingerprint density at radius 1 is 1.00 bits per heavy atom. The summed E-state index contributed by atoms with van der Waals surface area (Å²) in [6, 6.07) is 20.5. The van der Waals surface area contributed by atoms with Gasteiger partial charge in [0.05, 0.1) is 5.69 Å². The van der Waals surface area contributed by atoms with E-state index in [1.807, 2.05) is 28.8 Å². The third-order valence-electron chi connectivity index (χ3n) is 6.57. The summed E-state index contributed by atoms with van der Waals surface area (Å²) < 4.78 is 7.77. The lowest BCUT2D eigenvalue weighted by molar-refractivity contribution is 0.253. The lowest BCUT2D eigenvalue weighted by atomic mass is 9.85. The molecular formula is C26H27N5O2. The fourth-order valence-electron chi connectivity index (χ4n) is 4.39. The van der Waals surface area contributed by atoms with E-state index < -0.39 is 0 Å². The van der Waals surface area contributed by atoms with Crippen LogP contribution in [0.1, 0.15) is 43.9 Å². The Hall–Kier alpha value is -3.55. The zero-order valence-corrected chi connectivity index (χ0v) is 18.8. The molecule has 0 unspecified atom stereocenters. The third-order valence-corrected chi connectivity index (χ3v) is 6.57. The minimum Gasteiger partial charge on any atom is -0.468 e. The standard InChI is InChI=1S/C26H27N5O2/c1-3-26(27,4-2)19-12-10-18(11-13-19)24-20(17-8-6-5-7-9-17)14-21-25(28-24)33-16-23-30-29-22(15-32)31(21)23/h5-14,32H,3-4,15-16,27H2,1-2H3. The Bertz CT molecular complexity index is 1260. The lowest BCUT2D eigenvalue weighted by Crippen LogP contribution is -2.34. The topological polar surface area (TPSA) is 99.1 Å². The van der Waals surface area contributed by atoms with Crippen LogP contribution in [-0.4, -0.2) is 24.9 Å². The van der Waals surface area contributed by atoms with Crippen molar-refractivity contribution in [1.29, 1.82) is 0 Å². The molecule has 33 heavy (non-hydrogen) atoms. The second kappa shape index (κ2) is 8.42. The van der Waals surface area contributed by atoms with Crippen molar-refractivity contribution < 1.29 is 9.84 Å². The summed E-state index contributed by atoms with van der Waals surface area (Å²) in [5, 5.41) is 18.0. The smallest absolute Gasteiger partial charge is 0.239 e. The van der Waals surface area contributed by atoms with E-state index in [0.717, 1.165) is 46.5 Å². The second-order valence-corrected chi connectivity index (χ2v) is 8.33. The number of hydrogen-bond acceptors (Lipinski definition) is 6. The summed E-state index contributed by atoms with van der Waals surface area (Å²) in [5.41, 5.74) is 11.9. The number of aromatic nitrogens is 4. The van der Waals surface area contributed by atoms with Gasteiger partial charge in [-0.2, -0.15) is 0 Å². The molecule has 7 nitrogen and oxygen atoms in total. The van der Waals surface area contributed by atoms with E-state index in [-0.39, 0.29) is 18.8 Å². The van der Waals surface area contributed by atoms with Gasteiger partial charge in [0.25, 0.3) is 0 Å². The van der Waals surface area contributed by atoms with Crippen molar-refractivity contribution in [2.75, 3.05) is 0 Å². The van der Waals surface area contributed by atoms with Gasteiger partial charge in [0, 0.05) is 16.7 Å². The first-order chi connectivity index (χ1) is 16.1. The van der Waals surface area contributed by atoms with Gasteiger partial charge in [-0.1, -0.05) is 68.4 Å². The van der Waals surface area contributed by atoms with E-state index in [9.17, 15) is 5.11 Å². The summed E-state index contributed by atoms with van der Waals surface area (Å²) in [4.78, 5) is 4.93. The second-order valence-electron chi connectivity index (χ2n) is 8.33. The van der Waals surface area contributed by atoms with Crippen molar-refractivity contribution in [1.82, 2.24) is 19.7 Å². The number of benzene rings is 2. The van der Waals surface area contributed by atoms with E-state index in [1.165, 1.54) is 0 Å². The van der Waals surface area contributed by atoms with Gasteiger partial charge >= 0.3 is 0 Å². The van der Waals surface area contributed by atoms with Crippen LogP contribution in [0.4, 0.5) is 0 Å². The van der Waals surface area contributed by atoms with Crippen LogP contribution in [-0.2, 0) is 18.8 Å². The van der Waals surface area contributed by atoms with Crippen LogP contribution in [0.2, 0.25) is 0 Å². The quantitative estimate of drug-likeness (QED) is 0.461. The molecule has 0 radical (unpaired) electrons. The Balaban J connectivity index is 1.69. The number of rotatable bonds is 6. The maximum atomic E-state index is 9.76. The number of pyridine rings is 1. The van der Waals surface area contributed by atoms with Crippen molar-refractivity contribution in [2.45, 2.75) is 45.4 Å². The molecule has 0 atom stereocenters. The van der Waals surface area contributed by atoms with Gasteiger partial charge in [0.15, 0.2) is 18.3 Å². The summed E-state index contributed by atoms with van der Waals surface area (Å²) in [6.45, 7) is 4.27. The molecule has 0 amide bonds. The van der Waals surface area contributed by atoms with Gasteiger partial charge in [-0.25, -0.2) is 4.98 Å². The van der Waals surface area contributed by atoms with Crippen LogP contribution in [0.3, 0.4) is 0 Å². The molecule has 0 saturated heterocycles. The van der Waals surface area contributed by atoms with Crippen LogP contribution in [0.5, 0.6) is 5.88 Å². The normalized spacial score (nSPS) is 12.7. The third kappa shape index (κ3) is 3.59. The molecular weight excluding hydrogens is 414 g/mol. The number of aliphatic hydroxyl groups excluding tert-OH is 1. The molecule has 0 spiro atoms. The fraction of sp³-hybridized carbons (Fsp3) is 0.269. The molecule has 1 aliphatic heterocycles. The summed E-state index contributed by atoms with van der Waals surface area (Å²) >= 11 is 0. The molecule has 0 saturated carbocycles. The first-order valence-electron chi connectivity index (χ1n) is 11.3. The van der Waals surface area contributed by atoms with E-state index in [0.29, 0.717) is 17.5 Å². The summed E-state index contributed by atoms with van der Waals surface area (Å²) in [7, 11) is 0. The highest BCUT2D eigenvalue weighted by molar-refractivity contribution is 5.83. The number of ether oxygens (including phenoxy) is 1. The van der Waals surface area contributed by atoms with Gasteiger partial charge in [0.1, 0.15) is 12.3 Å². The average Bonchev–Trinajstić information content (AvgIpc) is 3.32. The van der Waals surface area contributed by atoms with Gasteiger partial charge in [-0.3, -0.25) is 4.57 Å². The van der Waals surface area contributed by atoms with E-state index in [2.05, 4.69) is 60.4 Å². The lowest BCUT2D eigenvalue weighted by Gasteiger charge is -2.27. The van der Waals surface area contributed by atoms with Crippen LogP contribution in [0.25, 0.3) is 28.1 Å². The minimum atomic E-state index is -0.335. The maximum absolute atomic E-state index is 9.76. The molecule has 1 aliphatic rings. The first kappa shape index (κ1) is 21.3. The first-order valence-corrected chi connectivity index (χ1v) is 11.3. The number of nitrogens with zero attached hydrogens (tertiary/aromatic N) is 4. The fourth-order valence-corrected chi connectivity index (χ4v) is 4.39. The predicted octanol–water partition coefficient (Wildman–Crippen LogP) is 4.36. The average molecular weight is 442 g/mol. The number of aliphatic hydroxyl groups is 1. The van der Waals surface area contributed by atoms with Gasteiger partial charge < -0.3 is 15.6 Å². The largest absolute Gasteiger partial charge is 0.468 e. The highest BCUT2D eigenvalue weighted by atomic mass is 16.5. The number of hydrogen-bond donors (Lipinski definition) is 2. The van der Waals surface area contributed by atoms with Crippen LogP contribution >= 0.6 is 0 Å². The van der Waals surface area contributed by atoms with Crippen molar-refractivity contribution >= 4 is 0 Å². The monoisotopic (exact) mass is 441 g/mol. The SMILES string of the molecule is CCC(N)(CC)c1ccc(-c2nc3c(cc2-c2ccccc2)-n2c(CO)nnc2CO3)cc1. The molecule has 7 heteroatoms. The summed E-state index contributed by atoms with van der Waals surface area (Å²) in [6.07, 6.45) is 1.75. The highest BCUT2D eigenvalue weighted by Crippen LogP contribution is 2.39. The van der Waals surface area contributed by atoms with Gasteiger partial charge in [0.2, 0.25) is 5.88 Å². The molecule has 2 aromatic carbocycles. The van der Waals surface area contributed by atoms with E-state index in [1.54, 1.807) is 0 Å². The molecule has 168 valence electrons. The maximum Gasteiger partial charge on any atom is 0.239 e. The van der Waals surface area contributed by atoms with Gasteiger partial charge in [-0.15, -0.1) is 10.2 Å². The van der Waals surface area contributed by atoms with Crippen molar-refractivity contribution in [3.8, 4) is 34.0 Å². The van der Waals surface area contributed by atoms with Crippen molar-refractivity contribution in [3.05, 3.63) is 77.9 Å². The summed E-state index contributed by atoms with van der Waals surface area (Å²) in [5.74, 6) is 1.60. The number of nitrogens with two attached hydrogens (primary N) is 1. The molecule has 5 rings (SSSR count). The zero-order chi connectivity index (χ0) is 23.0. The molecule has 0 aliphatic carbocycles.